The summed E-state index contributed by atoms with van der Waals surface area (Å²) < 4.78 is 4.90. The van der Waals surface area contributed by atoms with E-state index >= 15 is 0 Å². The summed E-state index contributed by atoms with van der Waals surface area (Å²) in [7, 11) is 6.71. The Morgan fingerprint density at radius 2 is 2.14 bits per heavy atom. The van der Waals surface area contributed by atoms with Gasteiger partial charge in [-0.25, -0.2) is 4.79 Å². The summed E-state index contributed by atoms with van der Waals surface area (Å²) in [6.45, 7) is 5.94. The molecule has 0 aliphatic heterocycles. The normalized spacial score (nSPS) is 10.3. The molecule has 0 saturated carbocycles. The van der Waals surface area contributed by atoms with Gasteiger partial charge in [-0.3, -0.25) is 0 Å². The molecule has 1 rings (SSSR count). The van der Waals surface area contributed by atoms with Crippen molar-refractivity contribution in [2.24, 2.45) is 0 Å². The first kappa shape index (κ1) is 11.5. The van der Waals surface area contributed by atoms with Crippen LogP contribution < -0.4 is 0 Å². The molecule has 1 aromatic heterocycles. The van der Waals surface area contributed by atoms with Crippen LogP contribution in [0.2, 0.25) is 0 Å². The van der Waals surface area contributed by atoms with Crippen LogP contribution in [0.5, 0.6) is 0 Å². The van der Waals surface area contributed by atoms with Crippen LogP contribution in [0.15, 0.2) is 5.03 Å². The first-order chi connectivity index (χ1) is 6.61. The number of H-pyrrole nitrogens is 1. The molecule has 78 valence electrons. The molecule has 0 saturated heterocycles. The summed E-state index contributed by atoms with van der Waals surface area (Å²) in [6.07, 6.45) is 0. The van der Waals surface area contributed by atoms with E-state index in [1.54, 1.807) is 6.92 Å². The summed E-state index contributed by atoms with van der Waals surface area (Å²) in [5.74, 6) is -0.329. The van der Waals surface area contributed by atoms with E-state index in [1.165, 1.54) is 0 Å². The van der Waals surface area contributed by atoms with E-state index < -0.39 is 0 Å². The van der Waals surface area contributed by atoms with Crippen LogP contribution in [-0.4, -0.2) is 17.6 Å². The minimum Gasteiger partial charge on any atom is -0.461 e. The number of nitrogens with one attached hydrogen (secondary N) is 1. The summed E-state index contributed by atoms with van der Waals surface area (Å²) in [6, 6.07) is 0. The number of aromatic amines is 1. The van der Waals surface area contributed by atoms with Gasteiger partial charge in [-0.15, -0.1) is 0 Å². The minimum absolute atomic E-state index is 0.329. The fourth-order valence-electron chi connectivity index (χ4n) is 1.14. The molecular formula is C9H12ClNO2S. The van der Waals surface area contributed by atoms with Crippen LogP contribution in [0.1, 0.15) is 28.5 Å². The van der Waals surface area contributed by atoms with Gasteiger partial charge in [0, 0.05) is 0 Å². The highest BCUT2D eigenvalue weighted by molar-refractivity contribution is 8.21. The molecule has 3 nitrogen and oxygen atoms in total. The lowest BCUT2D eigenvalue weighted by atomic mass is 10.2. The van der Waals surface area contributed by atoms with Gasteiger partial charge in [-0.2, -0.15) is 0 Å². The standard InChI is InChI=1S/C9H12ClNO2S/c1-4-13-9(12)7-5(2)6(3)8(11-7)14-10/h11H,4H2,1-3H3. The van der Waals surface area contributed by atoms with Crippen LogP contribution in [0, 0.1) is 13.8 Å². The Kier molecular flexibility index (Phi) is 3.89. The molecule has 14 heavy (non-hydrogen) atoms. The van der Waals surface area contributed by atoms with Crippen molar-refractivity contribution in [3.63, 3.8) is 0 Å². The Morgan fingerprint density at radius 3 is 2.57 bits per heavy atom. The highest BCUT2D eigenvalue weighted by atomic mass is 35.7. The largest absolute Gasteiger partial charge is 0.461 e. The molecule has 5 heteroatoms. The maximum Gasteiger partial charge on any atom is 0.355 e. The van der Waals surface area contributed by atoms with Gasteiger partial charge in [0.1, 0.15) is 5.69 Å². The molecule has 1 N–H and O–H groups in total. The van der Waals surface area contributed by atoms with E-state index in [2.05, 4.69) is 4.98 Å². The zero-order valence-corrected chi connectivity index (χ0v) is 9.88. The first-order valence-electron chi connectivity index (χ1n) is 4.26. The van der Waals surface area contributed by atoms with Crippen molar-refractivity contribution in [1.82, 2.24) is 4.98 Å². The molecule has 0 fully saturated rings. The Bertz CT molecular complexity index is 349. The maximum absolute atomic E-state index is 11.4. The molecule has 0 amide bonds. The average molecular weight is 234 g/mol. The lowest BCUT2D eigenvalue weighted by Gasteiger charge is -1.99. The van der Waals surface area contributed by atoms with Crippen LogP contribution in [0.4, 0.5) is 0 Å². The number of halogens is 1. The third-order valence-corrected chi connectivity index (χ3v) is 3.10. The SMILES string of the molecule is CCOC(=O)c1[nH]c(SCl)c(C)c1C. The molecule has 0 spiro atoms. The average Bonchev–Trinajstić information content (AvgIpc) is 2.44. The van der Waals surface area contributed by atoms with Gasteiger partial charge >= 0.3 is 5.97 Å². The zero-order chi connectivity index (χ0) is 10.7. The Labute approximate surface area is 91.7 Å². The number of esters is 1. The fourth-order valence-corrected chi connectivity index (χ4v) is 2.02. The van der Waals surface area contributed by atoms with E-state index in [-0.39, 0.29) is 5.97 Å². The number of aromatic nitrogens is 1. The number of ether oxygens (including phenoxy) is 1. The molecule has 0 unspecified atom stereocenters. The van der Waals surface area contributed by atoms with Crippen molar-refractivity contribution in [2.75, 3.05) is 6.61 Å². The molecule has 0 atom stereocenters. The second-order valence-electron chi connectivity index (χ2n) is 2.88. The zero-order valence-electron chi connectivity index (χ0n) is 8.31. The predicted octanol–water partition coefficient (Wildman–Crippen LogP) is 3.05. The molecule has 0 aromatic carbocycles. The summed E-state index contributed by atoms with van der Waals surface area (Å²) in [5.41, 5.74) is 2.38. The van der Waals surface area contributed by atoms with Crippen LogP contribution in [0.3, 0.4) is 0 Å². The van der Waals surface area contributed by atoms with Crippen molar-refractivity contribution in [3.8, 4) is 0 Å². The van der Waals surface area contributed by atoms with Gasteiger partial charge in [-0.05, 0) is 53.6 Å². The van der Waals surface area contributed by atoms with Crippen LogP contribution in [-0.2, 0) is 4.74 Å². The number of rotatable bonds is 3. The molecular weight excluding hydrogens is 222 g/mol. The Morgan fingerprint density at radius 1 is 1.50 bits per heavy atom. The number of hydrogen-bond donors (Lipinski definition) is 1. The topological polar surface area (TPSA) is 42.1 Å². The third-order valence-electron chi connectivity index (χ3n) is 2.07. The summed E-state index contributed by atoms with van der Waals surface area (Å²) in [5, 5.41) is 0.798. The first-order valence-corrected chi connectivity index (χ1v) is 5.91. The van der Waals surface area contributed by atoms with Gasteiger partial charge < -0.3 is 9.72 Å². The van der Waals surface area contributed by atoms with Crippen LogP contribution in [0.25, 0.3) is 0 Å². The van der Waals surface area contributed by atoms with Gasteiger partial charge in [0.05, 0.1) is 11.6 Å². The van der Waals surface area contributed by atoms with E-state index in [4.69, 9.17) is 15.4 Å². The lowest BCUT2D eigenvalue weighted by Crippen LogP contribution is -2.06. The van der Waals surface area contributed by atoms with Crippen molar-refractivity contribution >= 4 is 27.6 Å². The van der Waals surface area contributed by atoms with Gasteiger partial charge in [0.15, 0.2) is 0 Å². The fraction of sp³-hybridized carbons (Fsp3) is 0.444. The highest BCUT2D eigenvalue weighted by Crippen LogP contribution is 2.28. The van der Waals surface area contributed by atoms with Crippen LogP contribution >= 0.6 is 21.7 Å². The van der Waals surface area contributed by atoms with E-state index in [1.807, 2.05) is 13.8 Å². The molecule has 1 aromatic rings. The molecule has 1 heterocycles. The second kappa shape index (κ2) is 4.75. The number of hydrogen-bond acceptors (Lipinski definition) is 3. The number of carbonyl (C=O) groups excluding carboxylic acids is 1. The molecule has 0 bridgehead atoms. The minimum atomic E-state index is -0.329. The molecule has 0 radical (unpaired) electrons. The third kappa shape index (κ3) is 2.07. The van der Waals surface area contributed by atoms with Crippen molar-refractivity contribution in [1.29, 1.82) is 0 Å². The Balaban J connectivity index is 3.04. The van der Waals surface area contributed by atoms with Gasteiger partial charge in [0.2, 0.25) is 0 Å². The molecule has 0 aliphatic rings. The lowest BCUT2D eigenvalue weighted by molar-refractivity contribution is 0.0519. The van der Waals surface area contributed by atoms with Crippen molar-refractivity contribution in [2.45, 2.75) is 25.8 Å². The van der Waals surface area contributed by atoms with Gasteiger partial charge in [-0.1, -0.05) is 0 Å². The smallest absolute Gasteiger partial charge is 0.355 e. The molecule has 0 aliphatic carbocycles. The Hall–Kier alpha value is -0.610. The van der Waals surface area contributed by atoms with E-state index in [0.29, 0.717) is 12.3 Å². The quantitative estimate of drug-likeness (QED) is 0.816. The second-order valence-corrected chi connectivity index (χ2v) is 3.90. The number of carbonyl (C=O) groups is 1. The monoisotopic (exact) mass is 233 g/mol. The van der Waals surface area contributed by atoms with E-state index in [0.717, 1.165) is 27.1 Å². The maximum atomic E-state index is 11.4. The summed E-state index contributed by atoms with van der Waals surface area (Å²) >= 11 is 0. The van der Waals surface area contributed by atoms with Gasteiger partial charge in [0.25, 0.3) is 0 Å². The predicted molar refractivity (Wildman–Crippen MR) is 57.9 cm³/mol. The van der Waals surface area contributed by atoms with Crippen molar-refractivity contribution < 1.29 is 9.53 Å². The van der Waals surface area contributed by atoms with Crippen molar-refractivity contribution in [3.05, 3.63) is 16.8 Å². The summed E-state index contributed by atoms with van der Waals surface area (Å²) in [4.78, 5) is 14.4. The highest BCUT2D eigenvalue weighted by Gasteiger charge is 2.17. The van der Waals surface area contributed by atoms with E-state index in [9.17, 15) is 4.79 Å².